The van der Waals surface area contributed by atoms with Gasteiger partial charge in [0.2, 0.25) is 0 Å². The Morgan fingerprint density at radius 2 is 1.68 bits per heavy atom. The van der Waals surface area contributed by atoms with Gasteiger partial charge in [-0.1, -0.05) is 0 Å². The Hall–Kier alpha value is -2.40. The lowest BCUT2D eigenvalue weighted by molar-refractivity contribution is 0.0957. The molecule has 2 heterocycles. The van der Waals surface area contributed by atoms with Crippen LogP contribution in [0.25, 0.3) is 10.1 Å². The standard InChI is InChI=1S/C17H14N2O2S/c20-15(12-4-5-17-13(8-12)6-7-22-17)2-1-3-16(21)14-9-18-11-19-10-14/h4-11H,1-3H2. The highest BCUT2D eigenvalue weighted by Gasteiger charge is 2.10. The molecule has 2 aromatic heterocycles. The number of ketones is 2. The maximum absolute atomic E-state index is 12.2. The number of aromatic nitrogens is 2. The topological polar surface area (TPSA) is 59.9 Å². The average molecular weight is 310 g/mol. The molecule has 0 spiro atoms. The molecule has 5 heteroatoms. The van der Waals surface area contributed by atoms with Crippen molar-refractivity contribution in [3.05, 3.63) is 59.5 Å². The number of nitrogens with zero attached hydrogens (tertiary/aromatic N) is 2. The molecule has 3 rings (SSSR count). The maximum Gasteiger partial charge on any atom is 0.165 e. The summed E-state index contributed by atoms with van der Waals surface area (Å²) in [5.41, 5.74) is 1.20. The van der Waals surface area contributed by atoms with Crippen LogP contribution >= 0.6 is 11.3 Å². The van der Waals surface area contributed by atoms with E-state index in [1.807, 2.05) is 29.6 Å². The van der Waals surface area contributed by atoms with Crippen molar-refractivity contribution < 1.29 is 9.59 Å². The Morgan fingerprint density at radius 3 is 2.45 bits per heavy atom. The quantitative estimate of drug-likeness (QED) is 0.647. The van der Waals surface area contributed by atoms with E-state index in [9.17, 15) is 9.59 Å². The molecule has 0 N–H and O–H groups in total. The lowest BCUT2D eigenvalue weighted by atomic mass is 10.0. The summed E-state index contributed by atoms with van der Waals surface area (Å²) in [4.78, 5) is 31.8. The average Bonchev–Trinajstić information content (AvgIpc) is 3.03. The van der Waals surface area contributed by atoms with Crippen LogP contribution in [0.1, 0.15) is 40.0 Å². The molecule has 3 aromatic rings. The van der Waals surface area contributed by atoms with Gasteiger partial charge in [-0.15, -0.1) is 11.3 Å². The number of benzene rings is 1. The first-order valence-corrected chi connectivity index (χ1v) is 7.91. The summed E-state index contributed by atoms with van der Waals surface area (Å²) in [6.45, 7) is 0. The molecule has 0 radical (unpaired) electrons. The zero-order valence-electron chi connectivity index (χ0n) is 11.9. The third-order valence-electron chi connectivity index (χ3n) is 3.46. The number of hydrogen-bond acceptors (Lipinski definition) is 5. The van der Waals surface area contributed by atoms with Crippen molar-refractivity contribution in [1.82, 2.24) is 9.97 Å². The maximum atomic E-state index is 12.2. The van der Waals surface area contributed by atoms with Gasteiger partial charge in [0.25, 0.3) is 0 Å². The van der Waals surface area contributed by atoms with Gasteiger partial charge in [-0.05, 0) is 41.5 Å². The van der Waals surface area contributed by atoms with Gasteiger partial charge in [-0.3, -0.25) is 9.59 Å². The van der Waals surface area contributed by atoms with E-state index in [1.54, 1.807) is 11.3 Å². The Labute approximate surface area is 131 Å². The Balaban J connectivity index is 1.57. The molecule has 0 aliphatic heterocycles. The van der Waals surface area contributed by atoms with Gasteiger partial charge in [-0.2, -0.15) is 0 Å². The van der Waals surface area contributed by atoms with Crippen molar-refractivity contribution in [2.45, 2.75) is 19.3 Å². The van der Waals surface area contributed by atoms with E-state index >= 15 is 0 Å². The largest absolute Gasteiger partial charge is 0.294 e. The van der Waals surface area contributed by atoms with Gasteiger partial charge in [0.05, 0.1) is 5.56 Å². The molecule has 0 saturated carbocycles. The van der Waals surface area contributed by atoms with E-state index in [0.29, 0.717) is 30.4 Å². The molecule has 110 valence electrons. The SMILES string of the molecule is O=C(CCCC(=O)c1ccc2sccc2c1)c1cncnc1. The lowest BCUT2D eigenvalue weighted by Gasteiger charge is -2.02. The molecule has 0 aliphatic rings. The second kappa shape index (κ2) is 6.58. The molecular weight excluding hydrogens is 296 g/mol. The highest BCUT2D eigenvalue weighted by atomic mass is 32.1. The van der Waals surface area contributed by atoms with Crippen LogP contribution in [0.4, 0.5) is 0 Å². The Kier molecular flexibility index (Phi) is 4.34. The molecular formula is C17H14N2O2S. The van der Waals surface area contributed by atoms with Crippen molar-refractivity contribution >= 4 is 33.0 Å². The predicted molar refractivity (Wildman–Crippen MR) is 86.4 cm³/mol. The summed E-state index contributed by atoms with van der Waals surface area (Å²) in [5.74, 6) is 0.0481. The van der Waals surface area contributed by atoms with E-state index in [-0.39, 0.29) is 11.6 Å². The monoisotopic (exact) mass is 310 g/mol. The summed E-state index contributed by atoms with van der Waals surface area (Å²) in [7, 11) is 0. The van der Waals surface area contributed by atoms with Gasteiger partial charge >= 0.3 is 0 Å². The first-order valence-electron chi connectivity index (χ1n) is 7.03. The summed E-state index contributed by atoms with van der Waals surface area (Å²) in [6, 6.07) is 7.75. The second-order valence-corrected chi connectivity index (χ2v) is 5.95. The molecule has 0 bridgehead atoms. The van der Waals surface area contributed by atoms with Crippen LogP contribution in [0, 0.1) is 0 Å². The van der Waals surface area contributed by atoms with Crippen LogP contribution in [0.15, 0.2) is 48.4 Å². The second-order valence-electron chi connectivity index (χ2n) is 5.00. The van der Waals surface area contributed by atoms with Crippen LogP contribution in [-0.4, -0.2) is 21.5 Å². The number of thiophene rings is 1. The number of Topliss-reactive ketones (excluding diaryl/α,β-unsaturated/α-hetero) is 2. The number of fused-ring (bicyclic) bond motifs is 1. The molecule has 0 amide bonds. The highest BCUT2D eigenvalue weighted by Crippen LogP contribution is 2.22. The number of hydrogen-bond donors (Lipinski definition) is 0. The molecule has 4 nitrogen and oxygen atoms in total. The fourth-order valence-corrected chi connectivity index (χ4v) is 3.05. The number of carbonyl (C=O) groups excluding carboxylic acids is 2. The van der Waals surface area contributed by atoms with Crippen LogP contribution in [0.5, 0.6) is 0 Å². The minimum atomic E-state index is -0.0262. The summed E-state index contributed by atoms with van der Waals surface area (Å²) in [6.07, 6.45) is 5.63. The van der Waals surface area contributed by atoms with Gasteiger partial charge < -0.3 is 0 Å². The van der Waals surface area contributed by atoms with Crippen LogP contribution in [0.2, 0.25) is 0 Å². The Morgan fingerprint density at radius 1 is 0.955 bits per heavy atom. The lowest BCUT2D eigenvalue weighted by Crippen LogP contribution is -2.03. The fourth-order valence-electron chi connectivity index (χ4n) is 2.28. The molecule has 1 aromatic carbocycles. The van der Waals surface area contributed by atoms with Crippen LogP contribution in [-0.2, 0) is 0 Å². The van der Waals surface area contributed by atoms with E-state index in [1.165, 1.54) is 23.4 Å². The Bertz CT molecular complexity index is 812. The zero-order chi connectivity index (χ0) is 15.4. The first-order chi connectivity index (χ1) is 10.7. The van der Waals surface area contributed by atoms with E-state index in [0.717, 1.165) is 5.39 Å². The molecule has 0 aliphatic carbocycles. The number of rotatable bonds is 6. The van der Waals surface area contributed by atoms with Gasteiger partial charge in [0.15, 0.2) is 11.6 Å². The fraction of sp³-hybridized carbons (Fsp3) is 0.176. The third-order valence-corrected chi connectivity index (χ3v) is 4.36. The minimum Gasteiger partial charge on any atom is -0.294 e. The van der Waals surface area contributed by atoms with Crippen molar-refractivity contribution in [2.75, 3.05) is 0 Å². The van der Waals surface area contributed by atoms with E-state index in [4.69, 9.17) is 0 Å². The summed E-state index contributed by atoms with van der Waals surface area (Å²) < 4.78 is 1.18. The highest BCUT2D eigenvalue weighted by molar-refractivity contribution is 7.17. The smallest absolute Gasteiger partial charge is 0.165 e. The van der Waals surface area contributed by atoms with Gasteiger partial charge in [-0.25, -0.2) is 9.97 Å². The first kappa shape index (κ1) is 14.5. The molecule has 0 saturated heterocycles. The van der Waals surface area contributed by atoms with Crippen molar-refractivity contribution in [3.8, 4) is 0 Å². The predicted octanol–water partition coefficient (Wildman–Crippen LogP) is 3.93. The van der Waals surface area contributed by atoms with E-state index < -0.39 is 0 Å². The van der Waals surface area contributed by atoms with Crippen LogP contribution in [0.3, 0.4) is 0 Å². The molecule has 0 unspecified atom stereocenters. The van der Waals surface area contributed by atoms with E-state index in [2.05, 4.69) is 9.97 Å². The number of carbonyl (C=O) groups is 2. The molecule has 22 heavy (non-hydrogen) atoms. The van der Waals surface area contributed by atoms with Crippen molar-refractivity contribution in [2.24, 2.45) is 0 Å². The minimum absolute atomic E-state index is 0.0262. The molecule has 0 atom stereocenters. The summed E-state index contributed by atoms with van der Waals surface area (Å²) in [5, 5.41) is 3.10. The molecule has 0 fully saturated rings. The van der Waals surface area contributed by atoms with Crippen LogP contribution < -0.4 is 0 Å². The van der Waals surface area contributed by atoms with Gasteiger partial charge in [0, 0.05) is 35.5 Å². The zero-order valence-corrected chi connectivity index (χ0v) is 12.7. The normalized spacial score (nSPS) is 10.7. The third kappa shape index (κ3) is 3.26. The van der Waals surface area contributed by atoms with Crippen molar-refractivity contribution in [1.29, 1.82) is 0 Å². The van der Waals surface area contributed by atoms with Gasteiger partial charge in [0.1, 0.15) is 6.33 Å². The van der Waals surface area contributed by atoms with Crippen molar-refractivity contribution in [3.63, 3.8) is 0 Å². The summed E-state index contributed by atoms with van der Waals surface area (Å²) >= 11 is 1.66.